The second kappa shape index (κ2) is 5.38. The largest absolute Gasteiger partial charge is 0.294 e. The van der Waals surface area contributed by atoms with Gasteiger partial charge >= 0.3 is 0 Å². The zero-order valence-corrected chi connectivity index (χ0v) is 11.9. The maximum absolute atomic E-state index is 13.6. The lowest BCUT2D eigenvalue weighted by Crippen LogP contribution is -2.22. The van der Waals surface area contributed by atoms with Gasteiger partial charge in [-0.3, -0.25) is 9.36 Å². The monoisotopic (exact) mass is 350 g/mol. The Kier molecular flexibility index (Phi) is 4.04. The number of benzene rings is 1. The molecule has 3 nitrogen and oxygen atoms in total. The van der Waals surface area contributed by atoms with Crippen LogP contribution in [0, 0.1) is 5.82 Å². The summed E-state index contributed by atoms with van der Waals surface area (Å²) in [5.41, 5.74) is -0.0260. The van der Waals surface area contributed by atoms with E-state index in [1.807, 2.05) is 0 Å². The van der Waals surface area contributed by atoms with E-state index in [4.69, 9.17) is 23.2 Å². The molecule has 0 aliphatic rings. The van der Waals surface area contributed by atoms with E-state index < -0.39 is 5.82 Å². The van der Waals surface area contributed by atoms with Crippen molar-refractivity contribution in [2.45, 2.75) is 6.54 Å². The Labute approximate surface area is 120 Å². The highest BCUT2D eigenvalue weighted by molar-refractivity contribution is 9.10. The van der Waals surface area contributed by atoms with Crippen molar-refractivity contribution in [1.29, 1.82) is 0 Å². The highest BCUT2D eigenvalue weighted by Gasteiger charge is 2.09. The van der Waals surface area contributed by atoms with E-state index in [0.29, 0.717) is 10.6 Å². The van der Waals surface area contributed by atoms with Crippen LogP contribution in [-0.4, -0.2) is 9.55 Å². The van der Waals surface area contributed by atoms with Crippen molar-refractivity contribution in [2.24, 2.45) is 0 Å². The normalized spacial score (nSPS) is 10.7. The second-order valence-corrected chi connectivity index (χ2v) is 5.11. The predicted octanol–water partition coefficient (Wildman–Crippen LogP) is 3.50. The third-order valence-corrected chi connectivity index (χ3v) is 3.76. The first kappa shape index (κ1) is 13.5. The van der Waals surface area contributed by atoms with Crippen LogP contribution in [0.1, 0.15) is 5.56 Å². The summed E-state index contributed by atoms with van der Waals surface area (Å²) in [6, 6.07) is 4.27. The van der Waals surface area contributed by atoms with Crippen LogP contribution < -0.4 is 5.56 Å². The highest BCUT2D eigenvalue weighted by Crippen LogP contribution is 2.17. The molecule has 1 aromatic carbocycles. The van der Waals surface area contributed by atoms with Gasteiger partial charge in [-0.2, -0.15) is 0 Å². The minimum absolute atomic E-state index is 0.0601. The van der Waals surface area contributed by atoms with E-state index in [-0.39, 0.29) is 21.7 Å². The molecule has 0 spiro atoms. The van der Waals surface area contributed by atoms with Crippen LogP contribution >= 0.6 is 39.1 Å². The summed E-state index contributed by atoms with van der Waals surface area (Å²) < 4.78 is 15.0. The van der Waals surface area contributed by atoms with E-state index in [1.165, 1.54) is 23.0 Å². The highest BCUT2D eigenvalue weighted by atomic mass is 79.9. The number of halogens is 4. The summed E-state index contributed by atoms with van der Waals surface area (Å²) in [4.78, 5) is 15.6. The van der Waals surface area contributed by atoms with Crippen molar-refractivity contribution in [3.05, 3.63) is 60.9 Å². The quantitative estimate of drug-likeness (QED) is 0.776. The van der Waals surface area contributed by atoms with E-state index in [2.05, 4.69) is 20.9 Å². The van der Waals surface area contributed by atoms with Crippen LogP contribution in [0.15, 0.2) is 33.8 Å². The van der Waals surface area contributed by atoms with E-state index in [9.17, 15) is 9.18 Å². The van der Waals surface area contributed by atoms with Crippen LogP contribution in [-0.2, 0) is 6.54 Å². The Bertz CT molecular complexity index is 660. The van der Waals surface area contributed by atoms with Crippen molar-refractivity contribution >= 4 is 39.1 Å². The van der Waals surface area contributed by atoms with Gasteiger partial charge in [-0.05, 0) is 28.1 Å². The summed E-state index contributed by atoms with van der Waals surface area (Å²) in [5.74, 6) is -0.472. The Morgan fingerprint density at radius 3 is 2.78 bits per heavy atom. The molecule has 18 heavy (non-hydrogen) atoms. The van der Waals surface area contributed by atoms with Crippen LogP contribution in [0.3, 0.4) is 0 Å². The van der Waals surface area contributed by atoms with Crippen molar-refractivity contribution in [3.63, 3.8) is 0 Å². The fraction of sp³-hybridized carbons (Fsp3) is 0.0909. The molecule has 0 aliphatic carbocycles. The number of hydrogen-bond donors (Lipinski definition) is 0. The first-order valence-electron chi connectivity index (χ1n) is 4.83. The fourth-order valence-electron chi connectivity index (χ4n) is 1.39. The van der Waals surface area contributed by atoms with Gasteiger partial charge in [-0.1, -0.05) is 29.3 Å². The maximum Gasteiger partial charge on any atom is 0.269 e. The molecule has 2 rings (SSSR count). The lowest BCUT2D eigenvalue weighted by Gasteiger charge is -2.07. The van der Waals surface area contributed by atoms with E-state index in [0.717, 1.165) is 0 Å². The van der Waals surface area contributed by atoms with Gasteiger partial charge in [0.25, 0.3) is 5.56 Å². The Hall–Kier alpha value is -0.910. The number of nitrogens with zero attached hydrogens (tertiary/aromatic N) is 2. The molecule has 0 N–H and O–H groups in total. The molecule has 7 heteroatoms. The average Bonchev–Trinajstić information content (AvgIpc) is 2.33. The van der Waals surface area contributed by atoms with Gasteiger partial charge in [0.05, 0.1) is 12.9 Å². The molecule has 1 aromatic heterocycles. The molecular weight excluding hydrogens is 346 g/mol. The maximum atomic E-state index is 13.6. The third-order valence-electron chi connectivity index (χ3n) is 2.30. The summed E-state index contributed by atoms with van der Waals surface area (Å²) in [6.45, 7) is 0.0601. The molecule has 1 heterocycles. The van der Waals surface area contributed by atoms with Gasteiger partial charge in [0.1, 0.15) is 10.3 Å². The molecule has 0 saturated carbocycles. The van der Waals surface area contributed by atoms with Gasteiger partial charge < -0.3 is 0 Å². The van der Waals surface area contributed by atoms with Gasteiger partial charge in [-0.15, -0.1) is 0 Å². The number of hydrogen-bond acceptors (Lipinski definition) is 2. The first-order valence-corrected chi connectivity index (χ1v) is 6.38. The van der Waals surface area contributed by atoms with Crippen molar-refractivity contribution in [3.8, 4) is 0 Å². The van der Waals surface area contributed by atoms with Gasteiger partial charge in [0.2, 0.25) is 0 Å². The Balaban J connectivity index is 2.41. The second-order valence-electron chi connectivity index (χ2n) is 3.52. The molecule has 94 valence electrons. The standard InChI is InChI=1S/C11H6BrCl2FN2O/c12-9-10(14)16-5-17(11(9)18)4-6-1-2-7(13)3-8(6)15/h1-3,5H,4H2. The van der Waals surface area contributed by atoms with Gasteiger partial charge in [-0.25, -0.2) is 9.37 Å². The van der Waals surface area contributed by atoms with Crippen LogP contribution in [0.5, 0.6) is 0 Å². The molecular formula is C11H6BrCl2FN2O. The smallest absolute Gasteiger partial charge is 0.269 e. The molecule has 0 radical (unpaired) electrons. The first-order chi connectivity index (χ1) is 8.49. The lowest BCUT2D eigenvalue weighted by molar-refractivity contribution is 0.594. The molecule has 0 atom stereocenters. The molecule has 0 saturated heterocycles. The lowest BCUT2D eigenvalue weighted by atomic mass is 10.2. The molecule has 0 amide bonds. The molecule has 0 unspecified atom stereocenters. The third kappa shape index (κ3) is 2.74. The summed E-state index contributed by atoms with van der Waals surface area (Å²) in [7, 11) is 0. The summed E-state index contributed by atoms with van der Waals surface area (Å²) in [6.07, 6.45) is 1.27. The SMILES string of the molecule is O=c1c(Br)c(Cl)ncn1Cc1ccc(Cl)cc1F. The molecule has 0 fully saturated rings. The van der Waals surface area contributed by atoms with Crippen molar-refractivity contribution in [1.82, 2.24) is 9.55 Å². The Morgan fingerprint density at radius 1 is 1.39 bits per heavy atom. The summed E-state index contributed by atoms with van der Waals surface area (Å²) >= 11 is 14.4. The van der Waals surface area contributed by atoms with Gasteiger partial charge in [0, 0.05) is 10.6 Å². The van der Waals surface area contributed by atoms with Gasteiger partial charge in [0.15, 0.2) is 5.15 Å². The molecule has 2 aromatic rings. The minimum atomic E-state index is -0.472. The van der Waals surface area contributed by atoms with Crippen molar-refractivity contribution < 1.29 is 4.39 Å². The predicted molar refractivity (Wildman–Crippen MR) is 71.7 cm³/mol. The van der Waals surface area contributed by atoms with Crippen LogP contribution in [0.2, 0.25) is 10.2 Å². The Morgan fingerprint density at radius 2 is 2.11 bits per heavy atom. The van der Waals surface area contributed by atoms with Crippen LogP contribution in [0.25, 0.3) is 0 Å². The van der Waals surface area contributed by atoms with E-state index >= 15 is 0 Å². The number of rotatable bonds is 2. The molecule has 0 bridgehead atoms. The zero-order chi connectivity index (χ0) is 13.3. The fourth-order valence-corrected chi connectivity index (χ4v) is 2.00. The minimum Gasteiger partial charge on any atom is -0.294 e. The van der Waals surface area contributed by atoms with Crippen molar-refractivity contribution in [2.75, 3.05) is 0 Å². The average molecular weight is 352 g/mol. The molecule has 0 aliphatic heterocycles. The zero-order valence-electron chi connectivity index (χ0n) is 8.83. The number of aromatic nitrogens is 2. The topological polar surface area (TPSA) is 34.9 Å². The van der Waals surface area contributed by atoms with E-state index in [1.54, 1.807) is 6.07 Å². The summed E-state index contributed by atoms with van der Waals surface area (Å²) in [5, 5.41) is 0.381. The van der Waals surface area contributed by atoms with Crippen LogP contribution in [0.4, 0.5) is 4.39 Å².